The van der Waals surface area contributed by atoms with Gasteiger partial charge in [-0.05, 0) is 60.7 Å². The SMILES string of the molecule is COCC#CCOc1ccc(Cc2cc([C@@H]3O[C@H](CO)[C@@H](O)[C@H](O)[C@H]3O)ccc2Cl)cc1.O=C(O)[C@@H]1CCCN1. The van der Waals surface area contributed by atoms with Gasteiger partial charge >= 0.3 is 5.97 Å². The van der Waals surface area contributed by atoms with Crippen LogP contribution in [-0.2, 0) is 20.7 Å². The number of ether oxygens (including phenoxy) is 3. The molecule has 0 amide bonds. The van der Waals surface area contributed by atoms with Gasteiger partial charge in [-0.2, -0.15) is 0 Å². The van der Waals surface area contributed by atoms with Crippen LogP contribution >= 0.6 is 11.6 Å². The number of carboxylic acids is 1. The van der Waals surface area contributed by atoms with Crippen molar-refractivity contribution in [3.63, 3.8) is 0 Å². The molecule has 0 radical (unpaired) electrons. The summed E-state index contributed by atoms with van der Waals surface area (Å²) in [6.45, 7) is 1.02. The van der Waals surface area contributed by atoms with Crippen LogP contribution in [0.2, 0.25) is 5.02 Å². The molecule has 2 aliphatic rings. The third kappa shape index (κ3) is 8.89. The number of rotatable bonds is 8. The summed E-state index contributed by atoms with van der Waals surface area (Å²) in [5, 5.41) is 51.6. The molecule has 2 fully saturated rings. The van der Waals surface area contributed by atoms with E-state index in [1.807, 2.05) is 24.3 Å². The molecule has 2 aliphatic heterocycles. The van der Waals surface area contributed by atoms with E-state index in [-0.39, 0.29) is 12.6 Å². The number of methoxy groups -OCH3 is 1. The van der Waals surface area contributed by atoms with Gasteiger partial charge in [0, 0.05) is 12.1 Å². The van der Waals surface area contributed by atoms with Gasteiger partial charge in [0.25, 0.3) is 0 Å². The van der Waals surface area contributed by atoms with Crippen molar-refractivity contribution < 1.29 is 44.5 Å². The third-order valence-corrected chi connectivity index (χ3v) is 6.99. The minimum absolute atomic E-state index is 0.269. The Morgan fingerprint density at radius 3 is 2.40 bits per heavy atom. The van der Waals surface area contributed by atoms with Crippen LogP contribution in [0.1, 0.15) is 35.6 Å². The van der Waals surface area contributed by atoms with E-state index in [1.54, 1.807) is 25.3 Å². The van der Waals surface area contributed by atoms with Crippen molar-refractivity contribution in [3.8, 4) is 17.6 Å². The summed E-state index contributed by atoms with van der Waals surface area (Å²) in [6, 6.07) is 12.5. The summed E-state index contributed by atoms with van der Waals surface area (Å²) in [7, 11) is 1.58. The number of aliphatic hydroxyl groups excluding tert-OH is 4. The molecule has 0 saturated carbocycles. The molecule has 6 N–H and O–H groups in total. The second-order valence-corrected chi connectivity index (χ2v) is 9.89. The van der Waals surface area contributed by atoms with Crippen molar-refractivity contribution >= 4 is 17.6 Å². The molecular weight excluding hydrogens is 542 g/mol. The van der Waals surface area contributed by atoms with E-state index in [0.717, 1.165) is 30.5 Å². The van der Waals surface area contributed by atoms with Gasteiger partial charge in [-0.25, -0.2) is 0 Å². The molecule has 2 aromatic rings. The average Bonchev–Trinajstić information content (AvgIpc) is 3.50. The van der Waals surface area contributed by atoms with Crippen LogP contribution in [0.15, 0.2) is 42.5 Å². The summed E-state index contributed by atoms with van der Waals surface area (Å²) in [6.07, 6.45) is -3.74. The van der Waals surface area contributed by atoms with Crippen LogP contribution in [0.5, 0.6) is 5.75 Å². The molecular formula is C29H36ClNO9. The molecule has 0 bridgehead atoms. The number of nitrogens with one attached hydrogen (secondary N) is 1. The Morgan fingerprint density at radius 1 is 1.07 bits per heavy atom. The number of carboxylic acid groups (broad SMARTS) is 1. The normalized spacial score (nSPS) is 25.8. The van der Waals surface area contributed by atoms with Gasteiger partial charge in [-0.15, -0.1) is 0 Å². The highest BCUT2D eigenvalue weighted by Crippen LogP contribution is 2.34. The monoisotopic (exact) mass is 577 g/mol. The van der Waals surface area contributed by atoms with Crippen molar-refractivity contribution in [3.05, 3.63) is 64.2 Å². The fourth-order valence-corrected chi connectivity index (χ4v) is 4.58. The van der Waals surface area contributed by atoms with E-state index >= 15 is 0 Å². The lowest BCUT2D eigenvalue weighted by Crippen LogP contribution is -2.55. The first kappa shape index (κ1) is 31.8. The number of aliphatic hydroxyl groups is 4. The highest BCUT2D eigenvalue weighted by Gasteiger charge is 2.44. The molecule has 6 atom stereocenters. The summed E-state index contributed by atoms with van der Waals surface area (Å²) in [5.41, 5.74) is 2.40. The number of carbonyl (C=O) groups is 1. The standard InChI is InChI=1S/C24H27ClO7.C5H9NO2/c1-30-10-2-3-11-31-18-7-4-15(5-8-18)12-17-13-16(6-9-19(17)25)24-23(29)22(28)21(27)20(14-26)32-24;7-5(8)4-2-1-3-6-4/h4-9,13,20-24,26-29H,10-12,14H2,1H3;4,6H,1-3H2,(H,7,8)/t20-,21-,22+,23-,24+;4-/m10/s1. The van der Waals surface area contributed by atoms with E-state index in [4.69, 9.17) is 30.9 Å². The molecule has 2 saturated heterocycles. The first-order chi connectivity index (χ1) is 19.2. The van der Waals surface area contributed by atoms with Crippen molar-refractivity contribution in [2.24, 2.45) is 0 Å². The largest absolute Gasteiger partial charge is 0.481 e. The number of hydrogen-bond acceptors (Lipinski definition) is 9. The number of aliphatic carboxylic acids is 1. The first-order valence-corrected chi connectivity index (χ1v) is 13.3. The molecule has 0 spiro atoms. The lowest BCUT2D eigenvalue weighted by molar-refractivity contribution is -0.231. The zero-order valence-corrected chi connectivity index (χ0v) is 23.0. The van der Waals surface area contributed by atoms with E-state index in [0.29, 0.717) is 29.4 Å². The van der Waals surface area contributed by atoms with E-state index in [9.17, 15) is 25.2 Å². The quantitative estimate of drug-likeness (QED) is 0.253. The third-order valence-electron chi connectivity index (χ3n) is 6.62. The summed E-state index contributed by atoms with van der Waals surface area (Å²) in [5.74, 6) is 5.65. The Labute approximate surface area is 238 Å². The maximum Gasteiger partial charge on any atom is 0.320 e. The molecule has 218 valence electrons. The highest BCUT2D eigenvalue weighted by atomic mass is 35.5. The van der Waals surface area contributed by atoms with Crippen molar-refractivity contribution in [1.82, 2.24) is 5.32 Å². The van der Waals surface area contributed by atoms with E-state index < -0.39 is 43.1 Å². The molecule has 4 rings (SSSR count). The molecule has 0 aromatic heterocycles. The van der Waals surface area contributed by atoms with Gasteiger partial charge in [-0.1, -0.05) is 47.7 Å². The van der Waals surface area contributed by atoms with Crippen LogP contribution in [0.4, 0.5) is 0 Å². The molecule has 10 nitrogen and oxygen atoms in total. The maximum absolute atomic E-state index is 10.4. The minimum Gasteiger partial charge on any atom is -0.481 e. The van der Waals surface area contributed by atoms with Crippen molar-refractivity contribution in [1.29, 1.82) is 0 Å². The molecule has 11 heteroatoms. The Bertz CT molecular complexity index is 1140. The van der Waals surface area contributed by atoms with Gasteiger partial charge in [0.1, 0.15) is 55.5 Å². The Hall–Kier alpha value is -2.72. The number of benzene rings is 2. The Kier molecular flexibility index (Phi) is 12.6. The topological polar surface area (TPSA) is 158 Å². The number of halogens is 1. The van der Waals surface area contributed by atoms with Crippen molar-refractivity contribution in [2.45, 2.75) is 55.8 Å². The maximum atomic E-state index is 10.4. The van der Waals surface area contributed by atoms with Gasteiger partial charge in [0.15, 0.2) is 0 Å². The predicted octanol–water partition coefficient (Wildman–Crippen LogP) is 1.30. The van der Waals surface area contributed by atoms with Gasteiger partial charge < -0.3 is 45.1 Å². The highest BCUT2D eigenvalue weighted by molar-refractivity contribution is 6.31. The lowest BCUT2D eigenvalue weighted by Gasteiger charge is -2.40. The van der Waals surface area contributed by atoms with Gasteiger partial charge in [-0.3, -0.25) is 4.79 Å². The molecule has 40 heavy (non-hydrogen) atoms. The Balaban J connectivity index is 0.000000472. The zero-order valence-electron chi connectivity index (χ0n) is 22.2. The molecule has 2 aromatic carbocycles. The van der Waals surface area contributed by atoms with Crippen molar-refractivity contribution in [2.75, 3.05) is 33.5 Å². The van der Waals surface area contributed by atoms with Crippen LogP contribution in [0, 0.1) is 11.8 Å². The summed E-state index contributed by atoms with van der Waals surface area (Å²) in [4.78, 5) is 10.1. The van der Waals surface area contributed by atoms with Gasteiger partial charge in [0.05, 0.1) is 6.61 Å². The van der Waals surface area contributed by atoms with Crippen LogP contribution in [0.25, 0.3) is 0 Å². The Morgan fingerprint density at radius 2 is 1.80 bits per heavy atom. The molecule has 0 aliphatic carbocycles. The summed E-state index contributed by atoms with van der Waals surface area (Å²) < 4.78 is 16.1. The second kappa shape index (κ2) is 15.9. The molecule has 2 heterocycles. The predicted molar refractivity (Wildman–Crippen MR) is 147 cm³/mol. The zero-order chi connectivity index (χ0) is 29.1. The average molecular weight is 578 g/mol. The molecule has 0 unspecified atom stereocenters. The number of hydrogen-bond donors (Lipinski definition) is 6. The van der Waals surface area contributed by atoms with E-state index in [1.165, 1.54) is 0 Å². The lowest BCUT2D eigenvalue weighted by atomic mass is 9.90. The summed E-state index contributed by atoms with van der Waals surface area (Å²) >= 11 is 6.39. The van der Waals surface area contributed by atoms with Gasteiger partial charge in [0.2, 0.25) is 0 Å². The van der Waals surface area contributed by atoms with Crippen LogP contribution in [-0.4, -0.2) is 95.4 Å². The van der Waals surface area contributed by atoms with Crippen LogP contribution < -0.4 is 10.1 Å². The van der Waals surface area contributed by atoms with E-state index in [2.05, 4.69) is 17.2 Å². The first-order valence-electron chi connectivity index (χ1n) is 13.0. The fraction of sp³-hybridized carbons (Fsp3) is 0.483. The fourth-order valence-electron chi connectivity index (χ4n) is 4.40. The second-order valence-electron chi connectivity index (χ2n) is 9.48. The van der Waals surface area contributed by atoms with Crippen LogP contribution in [0.3, 0.4) is 0 Å². The minimum atomic E-state index is -1.43. The smallest absolute Gasteiger partial charge is 0.320 e.